The van der Waals surface area contributed by atoms with Crippen LogP contribution in [0.15, 0.2) is 60.2 Å². The lowest BCUT2D eigenvalue weighted by molar-refractivity contribution is -0.120. The molecule has 1 aromatic heterocycles. The number of ketones is 2. The Morgan fingerprint density at radius 2 is 1.47 bits per heavy atom. The van der Waals surface area contributed by atoms with Crippen molar-refractivity contribution in [3.63, 3.8) is 0 Å². The summed E-state index contributed by atoms with van der Waals surface area (Å²) >= 11 is 7.72. The van der Waals surface area contributed by atoms with Gasteiger partial charge in [-0.25, -0.2) is 4.98 Å². The number of halogens is 1. The van der Waals surface area contributed by atoms with Gasteiger partial charge >= 0.3 is 0 Å². The molecule has 3 aromatic rings. The van der Waals surface area contributed by atoms with Gasteiger partial charge in [0.1, 0.15) is 5.01 Å². The number of thiazole rings is 1. The van der Waals surface area contributed by atoms with Gasteiger partial charge in [0.2, 0.25) is 0 Å². The Hall–Kier alpha value is -2.56. The smallest absolute Gasteiger partial charge is 0.170 e. The summed E-state index contributed by atoms with van der Waals surface area (Å²) in [6, 6.07) is 17.0. The van der Waals surface area contributed by atoms with E-state index in [1.807, 2.05) is 75.4 Å². The molecule has 2 aromatic carbocycles. The number of aryl methyl sites for hydroxylation is 1. The minimum absolute atomic E-state index is 0.0576. The molecule has 0 fully saturated rings. The quantitative estimate of drug-likeness (QED) is 0.219. The summed E-state index contributed by atoms with van der Waals surface area (Å²) in [4.78, 5) is 33.2. The Bertz CT molecular complexity index is 1260. The molecule has 0 N–H and O–H groups in total. The first-order valence-electron chi connectivity index (χ1n) is 12.5. The van der Waals surface area contributed by atoms with E-state index in [1.165, 1.54) is 0 Å². The molecule has 5 heteroatoms. The summed E-state index contributed by atoms with van der Waals surface area (Å²) in [6.45, 7) is 14.3. The van der Waals surface area contributed by atoms with Crippen LogP contribution in [0.4, 0.5) is 0 Å². The van der Waals surface area contributed by atoms with E-state index >= 15 is 0 Å². The predicted octanol–water partition coefficient (Wildman–Crippen LogP) is 9.10. The lowest BCUT2D eigenvalue weighted by Crippen LogP contribution is -2.26. The fraction of sp³-hybridized carbons (Fsp3) is 0.387. The normalized spacial score (nSPS) is 12.9. The zero-order valence-electron chi connectivity index (χ0n) is 22.4. The van der Waals surface area contributed by atoms with Gasteiger partial charge in [0.15, 0.2) is 11.6 Å². The lowest BCUT2D eigenvalue weighted by Gasteiger charge is -2.29. The Labute approximate surface area is 224 Å². The van der Waals surface area contributed by atoms with Crippen LogP contribution in [0.3, 0.4) is 0 Å². The molecule has 36 heavy (non-hydrogen) atoms. The first kappa shape index (κ1) is 28.0. The summed E-state index contributed by atoms with van der Waals surface area (Å²) in [5, 5.41) is 1.54. The molecule has 0 bridgehead atoms. The third kappa shape index (κ3) is 6.60. The molecule has 0 radical (unpaired) electrons. The molecule has 190 valence electrons. The van der Waals surface area contributed by atoms with Gasteiger partial charge in [-0.05, 0) is 30.4 Å². The van der Waals surface area contributed by atoms with Gasteiger partial charge in [-0.2, -0.15) is 0 Å². The summed E-state index contributed by atoms with van der Waals surface area (Å²) < 4.78 is 0. The van der Waals surface area contributed by atoms with Gasteiger partial charge in [0.05, 0.1) is 5.69 Å². The number of rotatable bonds is 8. The number of nitrogens with zero attached hydrogens (tertiary/aromatic N) is 1. The fourth-order valence-corrected chi connectivity index (χ4v) is 5.29. The van der Waals surface area contributed by atoms with E-state index in [0.29, 0.717) is 29.0 Å². The van der Waals surface area contributed by atoms with E-state index in [1.54, 1.807) is 11.3 Å². The number of carbonyl (C=O) groups is 2. The SMILES string of the molecule is CCc1sc(-c2ccc(Cl)cc2)nc1/C(C(=O)C(C)(C)C)=C(\CCC(=O)c1ccccc1)C(C)(C)C. The van der Waals surface area contributed by atoms with Crippen molar-refractivity contribution in [3.05, 3.63) is 81.3 Å². The van der Waals surface area contributed by atoms with Crippen molar-refractivity contribution in [2.75, 3.05) is 0 Å². The monoisotopic (exact) mass is 521 g/mol. The maximum absolute atomic E-state index is 14.0. The van der Waals surface area contributed by atoms with E-state index in [0.717, 1.165) is 33.1 Å². The molecule has 0 unspecified atom stereocenters. The van der Waals surface area contributed by atoms with Crippen molar-refractivity contribution in [2.45, 2.75) is 67.7 Å². The topological polar surface area (TPSA) is 47.0 Å². The summed E-state index contributed by atoms with van der Waals surface area (Å²) in [7, 11) is 0. The average molecular weight is 522 g/mol. The minimum atomic E-state index is -0.593. The van der Waals surface area contributed by atoms with Crippen LogP contribution in [0.1, 0.15) is 82.2 Å². The predicted molar refractivity (Wildman–Crippen MR) is 153 cm³/mol. The molecule has 0 atom stereocenters. The van der Waals surface area contributed by atoms with Crippen molar-refractivity contribution >= 4 is 40.1 Å². The van der Waals surface area contributed by atoms with E-state index < -0.39 is 5.41 Å². The van der Waals surface area contributed by atoms with E-state index in [9.17, 15) is 9.59 Å². The van der Waals surface area contributed by atoms with Crippen LogP contribution < -0.4 is 0 Å². The highest BCUT2D eigenvalue weighted by atomic mass is 35.5. The van der Waals surface area contributed by atoms with Crippen LogP contribution in [0, 0.1) is 10.8 Å². The van der Waals surface area contributed by atoms with Gasteiger partial charge in [0, 0.05) is 38.4 Å². The molecule has 0 saturated carbocycles. The van der Waals surface area contributed by atoms with Gasteiger partial charge in [0.25, 0.3) is 0 Å². The molecule has 3 nitrogen and oxygen atoms in total. The number of allylic oxidation sites excluding steroid dienone is 2. The molecular formula is C31H36ClNO2S. The zero-order valence-corrected chi connectivity index (χ0v) is 23.9. The molecule has 0 amide bonds. The number of benzene rings is 2. The molecule has 0 aliphatic carbocycles. The van der Waals surface area contributed by atoms with E-state index in [2.05, 4.69) is 27.7 Å². The maximum Gasteiger partial charge on any atom is 0.170 e. The average Bonchev–Trinajstić information content (AvgIpc) is 3.24. The number of carbonyl (C=O) groups excluding carboxylic acids is 2. The third-order valence-corrected chi connectivity index (χ3v) is 7.66. The minimum Gasteiger partial charge on any atom is -0.294 e. The largest absolute Gasteiger partial charge is 0.294 e. The molecule has 0 saturated heterocycles. The van der Waals surface area contributed by atoms with Gasteiger partial charge in [-0.1, -0.05) is 108 Å². The third-order valence-electron chi connectivity index (χ3n) is 6.16. The maximum atomic E-state index is 14.0. The van der Waals surface area contributed by atoms with Gasteiger partial charge < -0.3 is 0 Å². The number of hydrogen-bond donors (Lipinski definition) is 0. The second kappa shape index (κ2) is 11.2. The first-order valence-corrected chi connectivity index (χ1v) is 13.6. The van der Waals surface area contributed by atoms with Crippen LogP contribution in [0.2, 0.25) is 5.02 Å². The molecular weight excluding hydrogens is 486 g/mol. The van der Waals surface area contributed by atoms with Crippen molar-refractivity contribution < 1.29 is 9.59 Å². The summed E-state index contributed by atoms with van der Waals surface area (Å²) in [6.07, 6.45) is 1.61. The lowest BCUT2D eigenvalue weighted by atomic mass is 9.74. The fourth-order valence-electron chi connectivity index (χ4n) is 4.15. The number of hydrogen-bond acceptors (Lipinski definition) is 4. The summed E-state index contributed by atoms with van der Waals surface area (Å²) in [5.41, 5.74) is 3.17. The standard InChI is InChI=1S/C31H36ClNO2S/c1-8-25-27(33-29(36-25)21-14-16-22(32)17-15-21)26(28(35)31(5,6)7)23(30(2,3)4)18-19-24(34)20-12-10-9-11-13-20/h9-17H,8,18-19H2,1-7H3/b26-23-. The Balaban J connectivity index is 2.18. The van der Waals surface area contributed by atoms with Gasteiger partial charge in [-0.3, -0.25) is 9.59 Å². The van der Waals surface area contributed by atoms with Crippen LogP contribution in [0.5, 0.6) is 0 Å². The van der Waals surface area contributed by atoms with Crippen molar-refractivity contribution in [2.24, 2.45) is 10.8 Å². The van der Waals surface area contributed by atoms with Crippen molar-refractivity contribution in [3.8, 4) is 10.6 Å². The Morgan fingerprint density at radius 1 is 0.861 bits per heavy atom. The highest BCUT2D eigenvalue weighted by Gasteiger charge is 2.35. The van der Waals surface area contributed by atoms with Crippen LogP contribution in [0.25, 0.3) is 16.1 Å². The Kier molecular flexibility index (Phi) is 8.74. The summed E-state index contributed by atoms with van der Waals surface area (Å²) in [5.74, 6) is 0.137. The molecule has 1 heterocycles. The van der Waals surface area contributed by atoms with Crippen molar-refractivity contribution in [1.82, 2.24) is 4.98 Å². The van der Waals surface area contributed by atoms with Crippen molar-refractivity contribution in [1.29, 1.82) is 0 Å². The highest BCUT2D eigenvalue weighted by Crippen LogP contribution is 2.42. The van der Waals surface area contributed by atoms with E-state index in [4.69, 9.17) is 16.6 Å². The van der Waals surface area contributed by atoms with Gasteiger partial charge in [-0.15, -0.1) is 11.3 Å². The zero-order chi connectivity index (χ0) is 26.7. The second-order valence-corrected chi connectivity index (χ2v) is 12.6. The number of Topliss-reactive ketones (excluding diaryl/α,β-unsaturated/α-hetero) is 2. The number of aromatic nitrogens is 1. The highest BCUT2D eigenvalue weighted by molar-refractivity contribution is 7.15. The van der Waals surface area contributed by atoms with Crippen LogP contribution in [-0.2, 0) is 11.2 Å². The van der Waals surface area contributed by atoms with Crippen LogP contribution >= 0.6 is 22.9 Å². The molecule has 0 spiro atoms. The first-order chi connectivity index (χ1) is 16.8. The molecule has 0 aliphatic rings. The molecule has 3 rings (SSSR count). The van der Waals surface area contributed by atoms with Crippen LogP contribution in [-0.4, -0.2) is 16.6 Å². The molecule has 0 aliphatic heterocycles. The second-order valence-electron chi connectivity index (χ2n) is 11.1. The van der Waals surface area contributed by atoms with E-state index in [-0.39, 0.29) is 17.0 Å². The Morgan fingerprint density at radius 3 is 2.00 bits per heavy atom.